The first kappa shape index (κ1) is 16.5. The smallest absolute Gasteiger partial charge is 0.154 e. The van der Waals surface area contributed by atoms with E-state index in [0.717, 1.165) is 25.7 Å². The molecule has 0 bridgehead atoms. The lowest BCUT2D eigenvalue weighted by Crippen LogP contribution is -2.43. The largest absolute Gasteiger partial charge is 0.391 e. The maximum atomic E-state index is 9.55. The third-order valence-corrected chi connectivity index (χ3v) is 5.10. The first-order valence-electron chi connectivity index (χ1n) is 7.53. The van der Waals surface area contributed by atoms with Crippen LogP contribution in [0.1, 0.15) is 66.7 Å². The maximum Gasteiger partial charge on any atom is 0.154 e. The Balaban J connectivity index is 2.66. The summed E-state index contributed by atoms with van der Waals surface area (Å²) in [7, 11) is 0. The van der Waals surface area contributed by atoms with E-state index in [1.807, 2.05) is 6.92 Å². The molecule has 19 heavy (non-hydrogen) atoms. The van der Waals surface area contributed by atoms with Crippen molar-refractivity contribution >= 4 is 0 Å². The second kappa shape index (κ2) is 6.24. The molecule has 0 saturated heterocycles. The lowest BCUT2D eigenvalue weighted by atomic mass is 9.66. The molecule has 0 spiro atoms. The van der Waals surface area contributed by atoms with Gasteiger partial charge in [0, 0.05) is 0 Å². The predicted octanol–water partition coefficient (Wildman–Crippen LogP) is 3.66. The minimum atomic E-state index is -0.684. The summed E-state index contributed by atoms with van der Waals surface area (Å²) >= 11 is 0. The fourth-order valence-corrected chi connectivity index (χ4v) is 2.86. The minimum Gasteiger partial charge on any atom is -0.391 e. The van der Waals surface area contributed by atoms with Gasteiger partial charge in [0.05, 0.1) is 18.3 Å². The van der Waals surface area contributed by atoms with E-state index in [-0.39, 0.29) is 6.10 Å². The van der Waals surface area contributed by atoms with E-state index in [1.165, 1.54) is 6.42 Å². The predicted molar refractivity (Wildman–Crippen MR) is 76.6 cm³/mol. The molecule has 1 N–H and O–H groups in total. The van der Waals surface area contributed by atoms with Gasteiger partial charge in [-0.25, -0.2) is 0 Å². The lowest BCUT2D eigenvalue weighted by Gasteiger charge is -2.42. The molecule has 3 heteroatoms. The highest BCUT2D eigenvalue weighted by Crippen LogP contribution is 2.44. The summed E-state index contributed by atoms with van der Waals surface area (Å²) in [6, 6.07) is 2.36. The van der Waals surface area contributed by atoms with Crippen LogP contribution in [-0.2, 0) is 4.74 Å². The van der Waals surface area contributed by atoms with Crippen molar-refractivity contribution in [3.05, 3.63) is 0 Å². The van der Waals surface area contributed by atoms with E-state index in [1.54, 1.807) is 6.92 Å². The quantitative estimate of drug-likeness (QED) is 0.827. The van der Waals surface area contributed by atoms with Gasteiger partial charge in [0.15, 0.2) is 5.60 Å². The van der Waals surface area contributed by atoms with Crippen LogP contribution >= 0.6 is 0 Å². The van der Waals surface area contributed by atoms with E-state index < -0.39 is 11.7 Å². The van der Waals surface area contributed by atoms with Gasteiger partial charge in [-0.3, -0.25) is 0 Å². The van der Waals surface area contributed by atoms with Crippen molar-refractivity contribution in [3.63, 3.8) is 0 Å². The Morgan fingerprint density at radius 1 is 1.37 bits per heavy atom. The monoisotopic (exact) mass is 267 g/mol. The first-order valence-corrected chi connectivity index (χ1v) is 7.53. The fourth-order valence-electron chi connectivity index (χ4n) is 2.86. The minimum absolute atomic E-state index is 0.282. The summed E-state index contributed by atoms with van der Waals surface area (Å²) in [4.78, 5) is 0. The topological polar surface area (TPSA) is 53.2 Å². The second-order valence-electron chi connectivity index (χ2n) is 6.79. The zero-order valence-corrected chi connectivity index (χ0v) is 13.1. The second-order valence-corrected chi connectivity index (χ2v) is 6.79. The van der Waals surface area contributed by atoms with E-state index in [4.69, 9.17) is 4.74 Å². The van der Waals surface area contributed by atoms with E-state index in [9.17, 15) is 10.4 Å². The van der Waals surface area contributed by atoms with Crippen LogP contribution in [0.25, 0.3) is 0 Å². The number of aliphatic hydroxyl groups excluding tert-OH is 1. The Hall–Kier alpha value is -0.590. The zero-order chi connectivity index (χ0) is 14.7. The summed E-state index contributed by atoms with van der Waals surface area (Å²) in [6.07, 6.45) is 4.01. The maximum absolute atomic E-state index is 9.55. The van der Waals surface area contributed by atoms with Crippen LogP contribution in [0.15, 0.2) is 0 Å². The van der Waals surface area contributed by atoms with Crippen LogP contribution in [0.3, 0.4) is 0 Å². The standard InChI is InChI=1S/C16H29NO2/c1-6-15(4,5)14-7-9-16(11-17,10-8-14)19-13(3)12(2)18/h12-14,18H,6-10H2,1-5H3. The third kappa shape index (κ3) is 3.94. The van der Waals surface area contributed by atoms with Crippen molar-refractivity contribution in [2.75, 3.05) is 0 Å². The van der Waals surface area contributed by atoms with Crippen molar-refractivity contribution in [3.8, 4) is 6.07 Å². The molecule has 0 aromatic rings. The van der Waals surface area contributed by atoms with Crippen LogP contribution < -0.4 is 0 Å². The van der Waals surface area contributed by atoms with E-state index in [0.29, 0.717) is 11.3 Å². The molecule has 2 atom stereocenters. The summed E-state index contributed by atoms with van der Waals surface area (Å²) in [5.41, 5.74) is -0.339. The number of nitrogens with zero attached hydrogens (tertiary/aromatic N) is 1. The van der Waals surface area contributed by atoms with Gasteiger partial charge < -0.3 is 9.84 Å². The molecule has 1 aliphatic rings. The van der Waals surface area contributed by atoms with Gasteiger partial charge in [-0.05, 0) is 50.9 Å². The average molecular weight is 267 g/mol. The number of ether oxygens (including phenoxy) is 1. The van der Waals surface area contributed by atoms with Gasteiger partial charge in [-0.2, -0.15) is 5.26 Å². The molecule has 110 valence electrons. The fraction of sp³-hybridized carbons (Fsp3) is 0.938. The van der Waals surface area contributed by atoms with Crippen molar-refractivity contribution in [2.45, 2.75) is 84.5 Å². The third-order valence-electron chi connectivity index (χ3n) is 5.10. The summed E-state index contributed by atoms with van der Waals surface area (Å²) in [6.45, 7) is 10.4. The molecule has 0 amide bonds. The Morgan fingerprint density at radius 3 is 2.26 bits per heavy atom. The zero-order valence-electron chi connectivity index (χ0n) is 13.1. The highest BCUT2D eigenvalue weighted by molar-refractivity contribution is 5.06. The van der Waals surface area contributed by atoms with Crippen molar-refractivity contribution in [1.29, 1.82) is 5.26 Å². The number of nitriles is 1. The van der Waals surface area contributed by atoms with Crippen molar-refractivity contribution in [1.82, 2.24) is 0 Å². The molecule has 2 unspecified atom stereocenters. The molecular weight excluding hydrogens is 238 g/mol. The van der Waals surface area contributed by atoms with Crippen LogP contribution in [0.4, 0.5) is 0 Å². The number of hydrogen-bond acceptors (Lipinski definition) is 3. The van der Waals surface area contributed by atoms with Gasteiger partial charge >= 0.3 is 0 Å². The van der Waals surface area contributed by atoms with Gasteiger partial charge in [-0.15, -0.1) is 0 Å². The van der Waals surface area contributed by atoms with Crippen molar-refractivity contribution < 1.29 is 9.84 Å². The number of hydrogen-bond donors (Lipinski definition) is 1. The molecule has 1 aliphatic carbocycles. The Kier molecular flexibility index (Phi) is 5.41. The van der Waals surface area contributed by atoms with Crippen LogP contribution in [-0.4, -0.2) is 22.9 Å². The van der Waals surface area contributed by atoms with Gasteiger partial charge in [0.1, 0.15) is 0 Å². The molecule has 0 aromatic carbocycles. The summed E-state index contributed by atoms with van der Waals surface area (Å²) < 4.78 is 5.87. The Bertz CT molecular complexity index is 322. The van der Waals surface area contributed by atoms with Crippen LogP contribution in [0.5, 0.6) is 0 Å². The Morgan fingerprint density at radius 2 is 1.89 bits per heavy atom. The SMILES string of the molecule is CCC(C)(C)C1CCC(C#N)(OC(C)C(C)O)CC1. The Labute approximate surface area is 118 Å². The lowest BCUT2D eigenvalue weighted by molar-refractivity contribution is -0.119. The molecular formula is C16H29NO2. The molecule has 3 nitrogen and oxygen atoms in total. The average Bonchev–Trinajstić information content (AvgIpc) is 2.39. The van der Waals surface area contributed by atoms with Gasteiger partial charge in [-0.1, -0.05) is 27.2 Å². The summed E-state index contributed by atoms with van der Waals surface area (Å²) in [5, 5.41) is 19.0. The normalized spacial score (nSPS) is 31.5. The van der Waals surface area contributed by atoms with E-state index in [2.05, 4.69) is 26.8 Å². The molecule has 1 fully saturated rings. The number of rotatable bonds is 5. The van der Waals surface area contributed by atoms with Crippen LogP contribution in [0.2, 0.25) is 0 Å². The van der Waals surface area contributed by atoms with Gasteiger partial charge in [0.25, 0.3) is 0 Å². The highest BCUT2D eigenvalue weighted by Gasteiger charge is 2.41. The summed E-state index contributed by atoms with van der Waals surface area (Å²) in [5.74, 6) is 0.671. The molecule has 0 radical (unpaired) electrons. The molecule has 0 heterocycles. The molecule has 1 rings (SSSR count). The first-order chi connectivity index (χ1) is 8.76. The van der Waals surface area contributed by atoms with Gasteiger partial charge in [0.2, 0.25) is 0 Å². The number of aliphatic hydroxyl groups is 1. The molecule has 1 saturated carbocycles. The van der Waals surface area contributed by atoms with Crippen LogP contribution in [0, 0.1) is 22.7 Å². The van der Waals surface area contributed by atoms with Crippen molar-refractivity contribution in [2.24, 2.45) is 11.3 Å². The van der Waals surface area contributed by atoms with E-state index >= 15 is 0 Å². The molecule has 0 aromatic heterocycles. The highest BCUT2D eigenvalue weighted by atomic mass is 16.5. The molecule has 0 aliphatic heterocycles.